The van der Waals surface area contributed by atoms with E-state index in [2.05, 4.69) is 29.0 Å². The summed E-state index contributed by atoms with van der Waals surface area (Å²) < 4.78 is 7.19. The van der Waals surface area contributed by atoms with Crippen molar-refractivity contribution in [3.63, 3.8) is 0 Å². The molecule has 23 heavy (non-hydrogen) atoms. The molecule has 1 aromatic carbocycles. The van der Waals surface area contributed by atoms with Gasteiger partial charge >= 0.3 is 0 Å². The number of imidazole rings is 1. The Kier molecular flexibility index (Phi) is 4.05. The molecular weight excluding hydrogens is 290 g/mol. The average molecular weight is 311 g/mol. The molecule has 0 bridgehead atoms. The number of pyridine rings is 1. The van der Waals surface area contributed by atoms with Crippen molar-refractivity contribution in [2.24, 2.45) is 0 Å². The standard InChI is InChI=1S/C18H21N3O2/c1-11-7-12(2)16-14(8-11)9-15(18(22)20-16)17-19-5-6-21(17)13(3)10-23-4/h5-9,13H,10H2,1-4H3,(H,20,22). The summed E-state index contributed by atoms with van der Waals surface area (Å²) >= 11 is 0. The summed E-state index contributed by atoms with van der Waals surface area (Å²) in [5.41, 5.74) is 3.58. The van der Waals surface area contributed by atoms with Gasteiger partial charge in [0.2, 0.25) is 0 Å². The van der Waals surface area contributed by atoms with Crippen LogP contribution in [-0.4, -0.2) is 28.3 Å². The van der Waals surface area contributed by atoms with E-state index in [1.54, 1.807) is 13.3 Å². The number of methoxy groups -OCH3 is 1. The highest BCUT2D eigenvalue weighted by atomic mass is 16.5. The van der Waals surface area contributed by atoms with Gasteiger partial charge in [-0.25, -0.2) is 4.98 Å². The van der Waals surface area contributed by atoms with E-state index in [1.807, 2.05) is 30.7 Å². The van der Waals surface area contributed by atoms with Gasteiger partial charge in [0.15, 0.2) is 0 Å². The lowest BCUT2D eigenvalue weighted by atomic mass is 10.0. The monoisotopic (exact) mass is 311 g/mol. The first-order chi connectivity index (χ1) is 11.0. The molecule has 0 aliphatic heterocycles. The molecule has 0 aliphatic rings. The van der Waals surface area contributed by atoms with Gasteiger partial charge in [0.1, 0.15) is 5.82 Å². The third-order valence-electron chi connectivity index (χ3n) is 4.09. The van der Waals surface area contributed by atoms with Crippen LogP contribution in [0.15, 0.2) is 35.4 Å². The number of nitrogens with zero attached hydrogens (tertiary/aromatic N) is 2. The summed E-state index contributed by atoms with van der Waals surface area (Å²) in [6.07, 6.45) is 3.59. The third-order valence-corrected chi connectivity index (χ3v) is 4.09. The molecule has 0 saturated carbocycles. The van der Waals surface area contributed by atoms with Gasteiger partial charge in [0, 0.05) is 19.5 Å². The number of hydrogen-bond donors (Lipinski definition) is 1. The number of rotatable bonds is 4. The molecule has 0 aliphatic carbocycles. The molecule has 5 heteroatoms. The summed E-state index contributed by atoms with van der Waals surface area (Å²) in [6.45, 7) is 6.66. The van der Waals surface area contributed by atoms with E-state index < -0.39 is 0 Å². The normalized spacial score (nSPS) is 12.7. The Bertz CT molecular complexity index is 908. The summed E-state index contributed by atoms with van der Waals surface area (Å²) in [5, 5.41) is 1.02. The molecule has 3 rings (SSSR count). The Hall–Kier alpha value is -2.40. The van der Waals surface area contributed by atoms with Gasteiger partial charge in [-0.2, -0.15) is 0 Å². The second-order valence-corrected chi connectivity index (χ2v) is 6.02. The van der Waals surface area contributed by atoms with Gasteiger partial charge in [-0.1, -0.05) is 11.6 Å². The minimum absolute atomic E-state index is 0.104. The number of benzene rings is 1. The van der Waals surface area contributed by atoms with Crippen molar-refractivity contribution in [1.29, 1.82) is 0 Å². The zero-order chi connectivity index (χ0) is 16.6. The van der Waals surface area contributed by atoms with E-state index in [1.165, 1.54) is 5.56 Å². The van der Waals surface area contributed by atoms with E-state index in [-0.39, 0.29) is 11.6 Å². The quantitative estimate of drug-likeness (QED) is 0.805. The lowest BCUT2D eigenvalue weighted by molar-refractivity contribution is 0.163. The van der Waals surface area contributed by atoms with Gasteiger partial charge < -0.3 is 14.3 Å². The van der Waals surface area contributed by atoms with E-state index in [0.717, 1.165) is 16.5 Å². The van der Waals surface area contributed by atoms with Crippen LogP contribution < -0.4 is 5.56 Å². The fourth-order valence-corrected chi connectivity index (χ4v) is 3.05. The lowest BCUT2D eigenvalue weighted by Gasteiger charge is -2.15. The van der Waals surface area contributed by atoms with Crippen LogP contribution in [0.1, 0.15) is 24.1 Å². The van der Waals surface area contributed by atoms with Gasteiger partial charge in [-0.05, 0) is 43.9 Å². The van der Waals surface area contributed by atoms with Crippen molar-refractivity contribution >= 4 is 10.9 Å². The van der Waals surface area contributed by atoms with Crippen LogP contribution >= 0.6 is 0 Å². The highest BCUT2D eigenvalue weighted by Crippen LogP contribution is 2.23. The number of aromatic nitrogens is 3. The Morgan fingerprint density at radius 3 is 2.83 bits per heavy atom. The van der Waals surface area contributed by atoms with E-state index in [9.17, 15) is 4.79 Å². The van der Waals surface area contributed by atoms with E-state index in [4.69, 9.17) is 4.74 Å². The van der Waals surface area contributed by atoms with Crippen LogP contribution in [0.2, 0.25) is 0 Å². The van der Waals surface area contributed by atoms with Crippen LogP contribution in [0, 0.1) is 13.8 Å². The minimum Gasteiger partial charge on any atom is -0.383 e. The number of nitrogens with one attached hydrogen (secondary N) is 1. The van der Waals surface area contributed by atoms with Crippen LogP contribution in [0.4, 0.5) is 0 Å². The Balaban J connectivity index is 2.20. The number of aromatic amines is 1. The molecule has 1 atom stereocenters. The molecule has 1 unspecified atom stereocenters. The van der Waals surface area contributed by atoms with Crippen LogP contribution in [0.3, 0.4) is 0 Å². The van der Waals surface area contributed by atoms with Gasteiger partial charge in [-0.15, -0.1) is 0 Å². The van der Waals surface area contributed by atoms with Gasteiger partial charge in [0.25, 0.3) is 5.56 Å². The first kappa shape index (κ1) is 15.5. The maximum atomic E-state index is 12.6. The van der Waals surface area contributed by atoms with Crippen molar-refractivity contribution in [3.8, 4) is 11.4 Å². The fraction of sp³-hybridized carbons (Fsp3) is 0.333. The molecule has 0 amide bonds. The number of hydrogen-bond acceptors (Lipinski definition) is 3. The zero-order valence-electron chi connectivity index (χ0n) is 13.9. The molecule has 0 spiro atoms. The highest BCUT2D eigenvalue weighted by molar-refractivity contribution is 5.85. The van der Waals surface area contributed by atoms with Crippen LogP contribution in [0.5, 0.6) is 0 Å². The van der Waals surface area contributed by atoms with Gasteiger partial charge in [0.05, 0.1) is 23.7 Å². The second kappa shape index (κ2) is 6.01. The Morgan fingerprint density at radius 2 is 2.09 bits per heavy atom. The fourth-order valence-electron chi connectivity index (χ4n) is 3.05. The average Bonchev–Trinajstić information content (AvgIpc) is 2.97. The lowest BCUT2D eigenvalue weighted by Crippen LogP contribution is -2.16. The molecule has 0 radical (unpaired) electrons. The van der Waals surface area contributed by atoms with Crippen molar-refractivity contribution < 1.29 is 4.74 Å². The summed E-state index contributed by atoms with van der Waals surface area (Å²) in [4.78, 5) is 20.0. The predicted molar refractivity (Wildman–Crippen MR) is 91.9 cm³/mol. The summed E-state index contributed by atoms with van der Waals surface area (Å²) in [6, 6.07) is 6.17. The van der Waals surface area contributed by atoms with Crippen LogP contribution in [-0.2, 0) is 4.74 Å². The SMILES string of the molecule is COCC(C)n1ccnc1-c1cc2cc(C)cc(C)c2[nH]c1=O. The molecule has 1 N–H and O–H groups in total. The zero-order valence-corrected chi connectivity index (χ0v) is 13.9. The summed E-state index contributed by atoms with van der Waals surface area (Å²) in [5.74, 6) is 0.664. The predicted octanol–water partition coefficient (Wildman–Crippen LogP) is 3.22. The first-order valence-electron chi connectivity index (χ1n) is 7.67. The minimum atomic E-state index is -0.124. The van der Waals surface area contributed by atoms with E-state index >= 15 is 0 Å². The van der Waals surface area contributed by atoms with Crippen molar-refractivity contribution in [2.45, 2.75) is 26.8 Å². The molecule has 5 nitrogen and oxygen atoms in total. The maximum Gasteiger partial charge on any atom is 0.259 e. The Morgan fingerprint density at radius 1 is 1.30 bits per heavy atom. The summed E-state index contributed by atoms with van der Waals surface area (Å²) in [7, 11) is 1.67. The van der Waals surface area contributed by atoms with Crippen LogP contribution in [0.25, 0.3) is 22.3 Å². The van der Waals surface area contributed by atoms with Gasteiger partial charge in [-0.3, -0.25) is 4.79 Å². The third kappa shape index (κ3) is 2.80. The molecule has 0 fully saturated rings. The number of H-pyrrole nitrogens is 1. The molecule has 120 valence electrons. The highest BCUT2D eigenvalue weighted by Gasteiger charge is 2.15. The van der Waals surface area contributed by atoms with Crippen molar-refractivity contribution in [3.05, 3.63) is 52.1 Å². The van der Waals surface area contributed by atoms with E-state index in [0.29, 0.717) is 18.0 Å². The smallest absolute Gasteiger partial charge is 0.259 e. The van der Waals surface area contributed by atoms with Crippen molar-refractivity contribution in [1.82, 2.24) is 14.5 Å². The number of aryl methyl sites for hydroxylation is 2. The molecule has 0 saturated heterocycles. The maximum absolute atomic E-state index is 12.6. The molecule has 2 heterocycles. The largest absolute Gasteiger partial charge is 0.383 e. The molecule has 3 aromatic rings. The molecular formula is C18H21N3O2. The number of ether oxygens (including phenoxy) is 1. The first-order valence-corrected chi connectivity index (χ1v) is 7.67. The topological polar surface area (TPSA) is 59.9 Å². The van der Waals surface area contributed by atoms with Crippen molar-refractivity contribution in [2.75, 3.05) is 13.7 Å². The number of fused-ring (bicyclic) bond motifs is 1. The molecule has 2 aromatic heterocycles. The Labute approximate surface area is 134 Å². The second-order valence-electron chi connectivity index (χ2n) is 6.02.